The van der Waals surface area contributed by atoms with Gasteiger partial charge in [0.1, 0.15) is 0 Å². The molecule has 3 rings (SSSR count). The molecule has 1 aromatic heterocycles. The molecule has 0 saturated carbocycles. The molecule has 1 N–H and O–H groups in total. The fourth-order valence-electron chi connectivity index (χ4n) is 2.88. The Kier molecular flexibility index (Phi) is 6.82. The number of hydrogen-bond donors (Lipinski definition) is 1. The van der Waals surface area contributed by atoms with E-state index in [4.69, 9.17) is 0 Å². The van der Waals surface area contributed by atoms with Gasteiger partial charge >= 0.3 is 0 Å². The molecule has 0 unspecified atom stereocenters. The number of nitrogens with zero attached hydrogens (tertiary/aromatic N) is 2. The highest BCUT2D eigenvalue weighted by Crippen LogP contribution is 2.29. The SMILES string of the molecule is CNC(=O)CN1CCN(C(=O)C=Cc2ccc(-c3ccc(Br)cc3)s2)CC1. The van der Waals surface area contributed by atoms with Crippen LogP contribution in [0.15, 0.2) is 46.9 Å². The summed E-state index contributed by atoms with van der Waals surface area (Å²) in [5.41, 5.74) is 1.17. The standard InChI is InChI=1S/C20H22BrN3O2S/c1-22-19(25)14-23-10-12-24(13-11-23)20(26)9-7-17-6-8-18(27-17)15-2-4-16(21)5-3-15/h2-9H,10-14H2,1H3,(H,22,25). The first-order valence-corrected chi connectivity index (χ1v) is 10.4. The third kappa shape index (κ3) is 5.51. The molecule has 5 nitrogen and oxygen atoms in total. The molecule has 1 aliphatic heterocycles. The highest BCUT2D eigenvalue weighted by atomic mass is 79.9. The van der Waals surface area contributed by atoms with Crippen LogP contribution in [-0.4, -0.2) is 61.4 Å². The maximum absolute atomic E-state index is 12.4. The fraction of sp³-hybridized carbons (Fsp3) is 0.300. The molecular weight excluding hydrogens is 426 g/mol. The Morgan fingerprint density at radius 1 is 1.11 bits per heavy atom. The summed E-state index contributed by atoms with van der Waals surface area (Å²) >= 11 is 5.11. The Bertz CT molecular complexity index is 824. The highest BCUT2D eigenvalue weighted by Gasteiger charge is 2.20. The van der Waals surface area contributed by atoms with Gasteiger partial charge < -0.3 is 10.2 Å². The molecule has 7 heteroatoms. The third-order valence-corrected chi connectivity index (χ3v) is 6.10. The topological polar surface area (TPSA) is 52.7 Å². The van der Waals surface area contributed by atoms with E-state index in [-0.39, 0.29) is 11.8 Å². The van der Waals surface area contributed by atoms with Crippen molar-refractivity contribution in [1.82, 2.24) is 15.1 Å². The number of hydrogen-bond acceptors (Lipinski definition) is 4. The van der Waals surface area contributed by atoms with Crippen LogP contribution in [0, 0.1) is 0 Å². The number of thiophene rings is 1. The molecule has 1 aromatic carbocycles. The Morgan fingerprint density at radius 3 is 2.48 bits per heavy atom. The van der Waals surface area contributed by atoms with Crippen LogP contribution in [0.4, 0.5) is 0 Å². The fourth-order valence-corrected chi connectivity index (χ4v) is 4.06. The van der Waals surface area contributed by atoms with Crippen LogP contribution in [0.25, 0.3) is 16.5 Å². The van der Waals surface area contributed by atoms with E-state index in [1.807, 2.05) is 29.2 Å². The van der Waals surface area contributed by atoms with Gasteiger partial charge in [-0.2, -0.15) is 0 Å². The van der Waals surface area contributed by atoms with E-state index in [0.29, 0.717) is 19.6 Å². The van der Waals surface area contributed by atoms with Gasteiger partial charge in [0.25, 0.3) is 0 Å². The average molecular weight is 448 g/mol. The third-order valence-electron chi connectivity index (χ3n) is 4.48. The van der Waals surface area contributed by atoms with Crippen LogP contribution in [0.5, 0.6) is 0 Å². The number of carbonyl (C=O) groups is 2. The van der Waals surface area contributed by atoms with Gasteiger partial charge in [0, 0.05) is 53.5 Å². The van der Waals surface area contributed by atoms with Crippen LogP contribution in [0.1, 0.15) is 4.88 Å². The summed E-state index contributed by atoms with van der Waals surface area (Å²) in [5, 5.41) is 2.63. The van der Waals surface area contributed by atoms with Crippen LogP contribution in [-0.2, 0) is 9.59 Å². The van der Waals surface area contributed by atoms with E-state index in [1.165, 1.54) is 10.4 Å². The Labute approximate surface area is 171 Å². The van der Waals surface area contributed by atoms with E-state index in [9.17, 15) is 9.59 Å². The van der Waals surface area contributed by atoms with E-state index in [2.05, 4.69) is 44.3 Å². The van der Waals surface area contributed by atoms with Crippen molar-refractivity contribution < 1.29 is 9.59 Å². The molecule has 0 bridgehead atoms. The molecule has 0 radical (unpaired) electrons. The molecule has 2 amide bonds. The molecule has 0 spiro atoms. The zero-order valence-corrected chi connectivity index (χ0v) is 17.6. The van der Waals surface area contributed by atoms with Gasteiger partial charge in [0.2, 0.25) is 11.8 Å². The lowest BCUT2D eigenvalue weighted by Gasteiger charge is -2.33. The number of benzene rings is 1. The van der Waals surface area contributed by atoms with Crippen molar-refractivity contribution in [3.63, 3.8) is 0 Å². The molecule has 2 heterocycles. The van der Waals surface area contributed by atoms with Crippen molar-refractivity contribution in [2.45, 2.75) is 0 Å². The second-order valence-electron chi connectivity index (χ2n) is 6.32. The maximum atomic E-state index is 12.4. The van der Waals surface area contributed by atoms with Gasteiger partial charge in [-0.1, -0.05) is 28.1 Å². The number of amides is 2. The van der Waals surface area contributed by atoms with Crippen LogP contribution < -0.4 is 5.32 Å². The Morgan fingerprint density at radius 2 is 1.81 bits per heavy atom. The molecule has 0 atom stereocenters. The monoisotopic (exact) mass is 447 g/mol. The second-order valence-corrected chi connectivity index (χ2v) is 8.35. The number of halogens is 1. The normalized spacial score (nSPS) is 15.3. The minimum atomic E-state index is 0.00828. The summed E-state index contributed by atoms with van der Waals surface area (Å²) in [5.74, 6) is 0.0298. The van der Waals surface area contributed by atoms with Gasteiger partial charge in [-0.25, -0.2) is 0 Å². The zero-order chi connectivity index (χ0) is 19.2. The van der Waals surface area contributed by atoms with Crippen molar-refractivity contribution in [2.75, 3.05) is 39.8 Å². The number of carbonyl (C=O) groups excluding carboxylic acids is 2. The lowest BCUT2D eigenvalue weighted by molar-refractivity contribution is -0.128. The summed E-state index contributed by atoms with van der Waals surface area (Å²) in [6.45, 7) is 3.13. The predicted octanol–water partition coefficient (Wildman–Crippen LogP) is 3.08. The molecule has 2 aromatic rings. The van der Waals surface area contributed by atoms with Crippen LogP contribution >= 0.6 is 27.3 Å². The predicted molar refractivity (Wildman–Crippen MR) is 114 cm³/mol. The molecule has 1 fully saturated rings. The van der Waals surface area contributed by atoms with Crippen LogP contribution in [0.2, 0.25) is 0 Å². The summed E-state index contributed by atoms with van der Waals surface area (Å²) in [7, 11) is 1.64. The summed E-state index contributed by atoms with van der Waals surface area (Å²) in [4.78, 5) is 30.0. The molecule has 1 saturated heterocycles. The van der Waals surface area contributed by atoms with E-state index in [1.54, 1.807) is 24.5 Å². The number of likely N-dealkylation sites (N-methyl/N-ethyl adjacent to an activating group) is 1. The molecule has 142 valence electrons. The quantitative estimate of drug-likeness (QED) is 0.716. The van der Waals surface area contributed by atoms with E-state index >= 15 is 0 Å². The van der Waals surface area contributed by atoms with E-state index < -0.39 is 0 Å². The number of rotatable bonds is 5. The first-order valence-electron chi connectivity index (χ1n) is 8.81. The Hall–Kier alpha value is -1.96. The minimum absolute atomic E-state index is 0.00828. The summed E-state index contributed by atoms with van der Waals surface area (Å²) in [6, 6.07) is 12.3. The van der Waals surface area contributed by atoms with Gasteiger partial charge in [0.05, 0.1) is 6.54 Å². The van der Waals surface area contributed by atoms with Crippen molar-refractivity contribution >= 4 is 45.2 Å². The first kappa shape index (κ1) is 19.8. The van der Waals surface area contributed by atoms with Gasteiger partial charge in [-0.05, 0) is 35.9 Å². The minimum Gasteiger partial charge on any atom is -0.358 e. The summed E-state index contributed by atoms with van der Waals surface area (Å²) < 4.78 is 1.06. The molecule has 0 aliphatic carbocycles. The van der Waals surface area contributed by atoms with Crippen molar-refractivity contribution in [2.24, 2.45) is 0 Å². The van der Waals surface area contributed by atoms with Gasteiger partial charge in [0.15, 0.2) is 0 Å². The largest absolute Gasteiger partial charge is 0.358 e. The maximum Gasteiger partial charge on any atom is 0.246 e. The zero-order valence-electron chi connectivity index (χ0n) is 15.2. The highest BCUT2D eigenvalue weighted by molar-refractivity contribution is 9.10. The van der Waals surface area contributed by atoms with Crippen molar-refractivity contribution in [3.8, 4) is 10.4 Å². The number of nitrogens with one attached hydrogen (secondary N) is 1. The van der Waals surface area contributed by atoms with Crippen molar-refractivity contribution in [1.29, 1.82) is 0 Å². The Balaban J connectivity index is 1.53. The second kappa shape index (κ2) is 9.30. The van der Waals surface area contributed by atoms with Gasteiger partial charge in [-0.3, -0.25) is 14.5 Å². The smallest absolute Gasteiger partial charge is 0.246 e. The number of piperazine rings is 1. The van der Waals surface area contributed by atoms with E-state index in [0.717, 1.165) is 22.4 Å². The van der Waals surface area contributed by atoms with Gasteiger partial charge in [-0.15, -0.1) is 11.3 Å². The van der Waals surface area contributed by atoms with Crippen LogP contribution in [0.3, 0.4) is 0 Å². The lowest BCUT2D eigenvalue weighted by Crippen LogP contribution is -2.50. The average Bonchev–Trinajstić information content (AvgIpc) is 3.16. The molecule has 1 aliphatic rings. The van der Waals surface area contributed by atoms with Crippen molar-refractivity contribution in [3.05, 3.63) is 51.8 Å². The molecular formula is C20H22BrN3O2S. The lowest BCUT2D eigenvalue weighted by atomic mass is 10.2. The molecule has 27 heavy (non-hydrogen) atoms. The first-order chi connectivity index (χ1) is 13.0. The summed E-state index contributed by atoms with van der Waals surface area (Å²) in [6.07, 6.45) is 3.53.